The van der Waals surface area contributed by atoms with Gasteiger partial charge in [-0.05, 0) is 37.5 Å². The molecule has 2 heterocycles. The van der Waals surface area contributed by atoms with E-state index in [0.717, 1.165) is 40.8 Å². The molecular weight excluding hydrogens is 292 g/mol. The van der Waals surface area contributed by atoms with Crippen molar-refractivity contribution in [3.8, 4) is 0 Å². The molecule has 1 saturated heterocycles. The molecular formula is C18H24N2O3. The number of rotatable bonds is 4. The first-order chi connectivity index (χ1) is 11.1. The van der Waals surface area contributed by atoms with Gasteiger partial charge in [0.15, 0.2) is 5.43 Å². The van der Waals surface area contributed by atoms with E-state index in [1.165, 1.54) is 0 Å². The van der Waals surface area contributed by atoms with Crippen molar-refractivity contribution in [3.05, 3.63) is 45.2 Å². The van der Waals surface area contributed by atoms with Crippen LogP contribution in [0.2, 0.25) is 0 Å². The number of aliphatic hydroxyl groups is 1. The molecule has 23 heavy (non-hydrogen) atoms. The molecule has 1 aromatic carbocycles. The molecule has 1 aliphatic heterocycles. The van der Waals surface area contributed by atoms with Gasteiger partial charge in [0.05, 0.1) is 18.2 Å². The Balaban J connectivity index is 1.85. The molecule has 1 aromatic heterocycles. The quantitative estimate of drug-likeness (QED) is 0.901. The summed E-state index contributed by atoms with van der Waals surface area (Å²) in [6.07, 6.45) is 0.730. The van der Waals surface area contributed by atoms with E-state index in [1.807, 2.05) is 19.9 Å². The minimum absolute atomic E-state index is 0.0701. The molecule has 1 fully saturated rings. The van der Waals surface area contributed by atoms with Gasteiger partial charge in [-0.3, -0.25) is 9.69 Å². The van der Waals surface area contributed by atoms with Crippen LogP contribution < -0.4 is 5.43 Å². The third kappa shape index (κ3) is 3.63. The van der Waals surface area contributed by atoms with Crippen LogP contribution >= 0.6 is 0 Å². The maximum Gasteiger partial charge on any atom is 0.189 e. The van der Waals surface area contributed by atoms with Gasteiger partial charge in [-0.2, -0.15) is 0 Å². The number of hydrogen-bond acceptors (Lipinski definition) is 4. The minimum Gasteiger partial charge on any atom is -0.396 e. The summed E-state index contributed by atoms with van der Waals surface area (Å²) in [5.74, 6) is 0. The second-order valence-corrected chi connectivity index (χ2v) is 6.40. The van der Waals surface area contributed by atoms with Crippen LogP contribution in [0.5, 0.6) is 0 Å². The summed E-state index contributed by atoms with van der Waals surface area (Å²) in [7, 11) is 0. The average molecular weight is 316 g/mol. The number of hydrogen-bond donors (Lipinski definition) is 2. The molecule has 0 radical (unpaired) electrons. The van der Waals surface area contributed by atoms with Crippen LogP contribution in [0.1, 0.15) is 23.2 Å². The molecule has 1 atom stereocenters. The highest BCUT2D eigenvalue weighted by Crippen LogP contribution is 2.17. The average Bonchev–Trinajstić information content (AvgIpc) is 2.49. The van der Waals surface area contributed by atoms with E-state index < -0.39 is 0 Å². The molecule has 0 spiro atoms. The maximum absolute atomic E-state index is 12.4. The van der Waals surface area contributed by atoms with Crippen molar-refractivity contribution in [2.75, 3.05) is 26.3 Å². The number of aromatic amines is 1. The number of aromatic nitrogens is 1. The Morgan fingerprint density at radius 3 is 2.96 bits per heavy atom. The largest absolute Gasteiger partial charge is 0.396 e. The summed E-state index contributed by atoms with van der Waals surface area (Å²) in [4.78, 5) is 18.1. The number of pyridine rings is 1. The summed E-state index contributed by atoms with van der Waals surface area (Å²) >= 11 is 0. The van der Waals surface area contributed by atoms with Crippen LogP contribution in [0.25, 0.3) is 10.9 Å². The van der Waals surface area contributed by atoms with Crippen LogP contribution in [-0.2, 0) is 11.3 Å². The number of nitrogens with zero attached hydrogens (tertiary/aromatic N) is 1. The number of fused-ring (bicyclic) bond motifs is 1. The van der Waals surface area contributed by atoms with Crippen LogP contribution in [-0.4, -0.2) is 47.4 Å². The van der Waals surface area contributed by atoms with E-state index in [2.05, 4.69) is 16.0 Å². The van der Waals surface area contributed by atoms with Crippen LogP contribution in [0, 0.1) is 13.8 Å². The lowest BCUT2D eigenvalue weighted by atomic mass is 10.1. The molecule has 5 heteroatoms. The number of H-pyrrole nitrogens is 1. The summed E-state index contributed by atoms with van der Waals surface area (Å²) < 4.78 is 5.64. The van der Waals surface area contributed by atoms with E-state index >= 15 is 0 Å². The van der Waals surface area contributed by atoms with Crippen molar-refractivity contribution in [1.82, 2.24) is 9.88 Å². The van der Waals surface area contributed by atoms with Crippen LogP contribution in [0.3, 0.4) is 0 Å². The fourth-order valence-corrected chi connectivity index (χ4v) is 3.33. The van der Waals surface area contributed by atoms with E-state index in [9.17, 15) is 4.79 Å². The van der Waals surface area contributed by atoms with Crippen molar-refractivity contribution in [3.63, 3.8) is 0 Å². The topological polar surface area (TPSA) is 65.6 Å². The van der Waals surface area contributed by atoms with Gasteiger partial charge >= 0.3 is 0 Å². The molecule has 1 aliphatic rings. The standard InChI is InChI=1S/C18H24N2O3/c1-12-7-13(2)18-16(8-12)17(22)9-14(19-18)10-20-4-6-23-15(11-20)3-5-21/h7-9,15,21H,3-6,10-11H2,1-2H3,(H,19,22). The first-order valence-corrected chi connectivity index (χ1v) is 8.15. The molecule has 0 aliphatic carbocycles. The molecule has 0 saturated carbocycles. The second kappa shape index (κ2) is 6.83. The minimum atomic E-state index is 0.0701. The van der Waals surface area contributed by atoms with E-state index in [4.69, 9.17) is 9.84 Å². The summed E-state index contributed by atoms with van der Waals surface area (Å²) in [6.45, 7) is 7.17. The molecule has 124 valence electrons. The zero-order chi connectivity index (χ0) is 16.4. The predicted molar refractivity (Wildman–Crippen MR) is 90.8 cm³/mol. The van der Waals surface area contributed by atoms with Gasteiger partial charge in [-0.25, -0.2) is 0 Å². The summed E-state index contributed by atoms with van der Waals surface area (Å²) in [6, 6.07) is 5.74. The predicted octanol–water partition coefficient (Wildman–Crippen LogP) is 1.73. The fraction of sp³-hybridized carbons (Fsp3) is 0.500. The Hall–Kier alpha value is -1.69. The number of aliphatic hydroxyl groups excluding tert-OH is 1. The van der Waals surface area contributed by atoms with Crippen molar-refractivity contribution in [2.45, 2.75) is 32.9 Å². The maximum atomic E-state index is 12.4. The van der Waals surface area contributed by atoms with Crippen molar-refractivity contribution in [1.29, 1.82) is 0 Å². The monoisotopic (exact) mass is 316 g/mol. The smallest absolute Gasteiger partial charge is 0.189 e. The lowest BCUT2D eigenvalue weighted by Gasteiger charge is -2.32. The van der Waals surface area contributed by atoms with Crippen molar-refractivity contribution < 1.29 is 9.84 Å². The van der Waals surface area contributed by atoms with E-state index in [1.54, 1.807) is 6.07 Å². The normalized spacial score (nSPS) is 19.3. The molecule has 2 aromatic rings. The van der Waals surface area contributed by atoms with Crippen LogP contribution in [0.4, 0.5) is 0 Å². The van der Waals surface area contributed by atoms with Crippen LogP contribution in [0.15, 0.2) is 23.0 Å². The highest BCUT2D eigenvalue weighted by Gasteiger charge is 2.20. The van der Waals surface area contributed by atoms with E-state index in [-0.39, 0.29) is 18.1 Å². The Morgan fingerprint density at radius 2 is 2.17 bits per heavy atom. The van der Waals surface area contributed by atoms with Crippen molar-refractivity contribution >= 4 is 10.9 Å². The number of benzene rings is 1. The zero-order valence-electron chi connectivity index (χ0n) is 13.8. The SMILES string of the molecule is Cc1cc(C)c2[nH]c(CN3CCOC(CCO)C3)cc(=O)c2c1. The lowest BCUT2D eigenvalue weighted by Crippen LogP contribution is -2.42. The second-order valence-electron chi connectivity index (χ2n) is 6.40. The van der Waals surface area contributed by atoms with Gasteiger partial charge in [-0.15, -0.1) is 0 Å². The summed E-state index contributed by atoms with van der Waals surface area (Å²) in [5, 5.41) is 9.81. The van der Waals surface area contributed by atoms with Gasteiger partial charge in [0.2, 0.25) is 0 Å². The van der Waals surface area contributed by atoms with Gasteiger partial charge in [-0.1, -0.05) is 6.07 Å². The van der Waals surface area contributed by atoms with Gasteiger partial charge in [0.25, 0.3) is 0 Å². The Bertz CT molecular complexity index is 752. The van der Waals surface area contributed by atoms with Crippen molar-refractivity contribution in [2.24, 2.45) is 0 Å². The third-order valence-electron chi connectivity index (χ3n) is 4.40. The summed E-state index contributed by atoms with van der Waals surface area (Å²) in [5.41, 5.74) is 4.13. The fourth-order valence-electron chi connectivity index (χ4n) is 3.33. The van der Waals surface area contributed by atoms with E-state index in [0.29, 0.717) is 19.6 Å². The first-order valence-electron chi connectivity index (χ1n) is 8.15. The van der Waals surface area contributed by atoms with Gasteiger partial charge in [0, 0.05) is 43.4 Å². The highest BCUT2D eigenvalue weighted by atomic mass is 16.5. The molecule has 5 nitrogen and oxygen atoms in total. The number of ether oxygens (including phenoxy) is 1. The van der Waals surface area contributed by atoms with Gasteiger partial charge in [0.1, 0.15) is 0 Å². The Morgan fingerprint density at radius 1 is 1.35 bits per heavy atom. The highest BCUT2D eigenvalue weighted by molar-refractivity contribution is 5.82. The molecule has 1 unspecified atom stereocenters. The zero-order valence-corrected chi connectivity index (χ0v) is 13.8. The number of nitrogens with one attached hydrogen (secondary N) is 1. The molecule has 0 bridgehead atoms. The number of aryl methyl sites for hydroxylation is 2. The Labute approximate surface area is 135 Å². The number of morpholine rings is 1. The van der Waals surface area contributed by atoms with Gasteiger partial charge < -0.3 is 14.8 Å². The molecule has 2 N–H and O–H groups in total. The molecule has 0 amide bonds. The lowest BCUT2D eigenvalue weighted by molar-refractivity contribution is -0.0410. The third-order valence-corrected chi connectivity index (χ3v) is 4.40. The molecule has 3 rings (SSSR count). The Kier molecular flexibility index (Phi) is 4.80. The first kappa shape index (κ1) is 16.2.